The van der Waals surface area contributed by atoms with E-state index in [1.165, 1.54) is 24.3 Å². The molecule has 2 N–H and O–H groups in total. The number of phenolic OH excluding ortho intramolecular Hbond substituents is 1. The first-order valence-corrected chi connectivity index (χ1v) is 4.37. The van der Waals surface area contributed by atoms with Crippen LogP contribution >= 0.6 is 0 Å². The third-order valence-corrected chi connectivity index (χ3v) is 1.80. The van der Waals surface area contributed by atoms with Gasteiger partial charge in [0.15, 0.2) is 0 Å². The predicted molar refractivity (Wildman–Crippen MR) is 55.7 cm³/mol. The van der Waals surface area contributed by atoms with E-state index in [2.05, 4.69) is 4.74 Å². The highest BCUT2D eigenvalue weighted by Gasteiger charge is 2.12. The van der Waals surface area contributed by atoms with Crippen LogP contribution in [0, 0.1) is 0 Å². The maximum absolute atomic E-state index is 11.1. The van der Waals surface area contributed by atoms with Crippen molar-refractivity contribution in [3.63, 3.8) is 0 Å². The Bertz CT molecular complexity index is 447. The van der Waals surface area contributed by atoms with Crippen LogP contribution in [0.4, 0.5) is 0 Å². The molecular formula is C11H10O5. The Morgan fingerprint density at radius 1 is 1.38 bits per heavy atom. The Kier molecular flexibility index (Phi) is 3.66. The van der Waals surface area contributed by atoms with Crippen LogP contribution in [0.2, 0.25) is 0 Å². The number of carbonyl (C=O) groups excluding carboxylic acids is 2. The molecule has 0 amide bonds. The average molecular weight is 222 g/mol. The summed E-state index contributed by atoms with van der Waals surface area (Å²) in [6.07, 6.45) is 0.737. The second-order valence-electron chi connectivity index (χ2n) is 2.94. The van der Waals surface area contributed by atoms with Crippen molar-refractivity contribution in [2.45, 2.75) is 0 Å². The third kappa shape index (κ3) is 2.84. The number of aliphatic hydroxyl groups is 1. The lowest BCUT2D eigenvalue weighted by atomic mass is 10.1. The molecule has 0 saturated carbocycles. The van der Waals surface area contributed by atoms with Gasteiger partial charge in [-0.15, -0.1) is 0 Å². The van der Waals surface area contributed by atoms with Gasteiger partial charge in [-0.3, -0.25) is 4.79 Å². The van der Waals surface area contributed by atoms with Gasteiger partial charge in [-0.05, 0) is 12.1 Å². The zero-order valence-corrected chi connectivity index (χ0v) is 8.51. The molecule has 0 heterocycles. The van der Waals surface area contributed by atoms with Gasteiger partial charge in [0.25, 0.3) is 5.78 Å². The summed E-state index contributed by atoms with van der Waals surface area (Å²) in [4.78, 5) is 21.8. The van der Waals surface area contributed by atoms with Crippen LogP contribution in [0.15, 0.2) is 30.3 Å². The molecule has 0 radical (unpaired) electrons. The fourth-order valence-electron chi connectivity index (χ4n) is 1.03. The molecule has 0 bridgehead atoms. The van der Waals surface area contributed by atoms with Crippen LogP contribution in [-0.2, 0) is 14.3 Å². The highest BCUT2D eigenvalue weighted by Crippen LogP contribution is 2.17. The summed E-state index contributed by atoms with van der Waals surface area (Å²) in [6, 6.07) is 5.66. The molecule has 0 unspecified atom stereocenters. The molecule has 5 nitrogen and oxygen atoms in total. The van der Waals surface area contributed by atoms with E-state index in [1.807, 2.05) is 0 Å². The van der Waals surface area contributed by atoms with E-state index in [-0.39, 0.29) is 11.3 Å². The quantitative estimate of drug-likeness (QED) is 0.345. The van der Waals surface area contributed by atoms with E-state index in [4.69, 9.17) is 5.11 Å². The van der Waals surface area contributed by atoms with Crippen molar-refractivity contribution in [3.8, 4) is 5.75 Å². The van der Waals surface area contributed by atoms with Gasteiger partial charge in [-0.1, -0.05) is 12.1 Å². The first-order valence-electron chi connectivity index (χ1n) is 4.37. The number of aromatic hydroxyl groups is 1. The molecule has 16 heavy (non-hydrogen) atoms. The number of phenols is 1. The maximum atomic E-state index is 11.1. The fraction of sp³-hybridized carbons (Fsp3) is 0.0909. The van der Waals surface area contributed by atoms with Gasteiger partial charge in [0.2, 0.25) is 0 Å². The summed E-state index contributed by atoms with van der Waals surface area (Å²) in [7, 11) is 1.07. The molecular weight excluding hydrogens is 212 g/mol. The van der Waals surface area contributed by atoms with E-state index < -0.39 is 17.5 Å². The van der Waals surface area contributed by atoms with Crippen LogP contribution in [0.3, 0.4) is 0 Å². The second kappa shape index (κ2) is 4.97. The van der Waals surface area contributed by atoms with Gasteiger partial charge in [0.05, 0.1) is 7.11 Å². The van der Waals surface area contributed by atoms with Gasteiger partial charge in [0.1, 0.15) is 11.5 Å². The number of ether oxygens (including phenoxy) is 1. The SMILES string of the molecule is COC(=O)C(=O)C=C(O)c1cccc(O)c1. The number of rotatable bonds is 3. The number of aliphatic hydroxyl groups excluding tert-OH is 1. The number of benzene rings is 1. The molecule has 0 aromatic heterocycles. The second-order valence-corrected chi connectivity index (χ2v) is 2.94. The number of esters is 1. The van der Waals surface area contributed by atoms with Crippen molar-refractivity contribution in [1.29, 1.82) is 0 Å². The summed E-state index contributed by atoms with van der Waals surface area (Å²) in [5, 5.41) is 18.6. The molecule has 1 aromatic rings. The first kappa shape index (κ1) is 11.8. The van der Waals surface area contributed by atoms with E-state index in [9.17, 15) is 14.7 Å². The normalized spacial score (nSPS) is 10.9. The lowest BCUT2D eigenvalue weighted by molar-refractivity contribution is -0.149. The molecule has 84 valence electrons. The molecule has 0 aliphatic rings. The van der Waals surface area contributed by atoms with Crippen LogP contribution in [0.25, 0.3) is 5.76 Å². The smallest absolute Gasteiger partial charge is 0.378 e. The Hall–Kier alpha value is -2.30. The topological polar surface area (TPSA) is 83.8 Å². The number of carbonyl (C=O) groups is 2. The molecule has 0 saturated heterocycles. The zero-order valence-electron chi connectivity index (χ0n) is 8.51. The standard InChI is InChI=1S/C11H10O5/c1-16-11(15)10(14)6-9(13)7-3-2-4-8(12)5-7/h2-6,12-13H,1H3. The van der Waals surface area contributed by atoms with Crippen LogP contribution in [0.1, 0.15) is 5.56 Å². The number of methoxy groups -OCH3 is 1. The Morgan fingerprint density at radius 3 is 2.62 bits per heavy atom. The Balaban J connectivity index is 2.93. The molecule has 0 aliphatic heterocycles. The highest BCUT2D eigenvalue weighted by atomic mass is 16.5. The van der Waals surface area contributed by atoms with E-state index >= 15 is 0 Å². The number of hydrogen-bond acceptors (Lipinski definition) is 5. The lowest BCUT2D eigenvalue weighted by Gasteiger charge is -2.00. The van der Waals surface area contributed by atoms with Crippen molar-refractivity contribution in [1.82, 2.24) is 0 Å². The molecule has 0 aliphatic carbocycles. The van der Waals surface area contributed by atoms with Crippen LogP contribution in [-0.4, -0.2) is 29.1 Å². The molecule has 5 heteroatoms. The number of hydrogen-bond donors (Lipinski definition) is 2. The van der Waals surface area contributed by atoms with E-state index in [0.29, 0.717) is 0 Å². The summed E-state index contributed by atoms with van der Waals surface area (Å²) >= 11 is 0. The van der Waals surface area contributed by atoms with Gasteiger partial charge < -0.3 is 14.9 Å². The highest BCUT2D eigenvalue weighted by molar-refractivity contribution is 6.39. The Labute approximate surface area is 91.6 Å². The van der Waals surface area contributed by atoms with Crippen LogP contribution < -0.4 is 0 Å². The minimum Gasteiger partial charge on any atom is -0.508 e. The zero-order chi connectivity index (χ0) is 12.1. The van der Waals surface area contributed by atoms with Gasteiger partial charge in [-0.2, -0.15) is 0 Å². The predicted octanol–water partition coefficient (Wildman–Crippen LogP) is 1.03. The van der Waals surface area contributed by atoms with Gasteiger partial charge in [0, 0.05) is 11.6 Å². The van der Waals surface area contributed by atoms with E-state index in [0.717, 1.165) is 13.2 Å². The number of ketones is 1. The van der Waals surface area contributed by atoms with Crippen molar-refractivity contribution < 1.29 is 24.5 Å². The van der Waals surface area contributed by atoms with Crippen molar-refractivity contribution in [3.05, 3.63) is 35.9 Å². The average Bonchev–Trinajstić information content (AvgIpc) is 2.27. The summed E-state index contributed by atoms with van der Waals surface area (Å²) in [6.45, 7) is 0. The maximum Gasteiger partial charge on any atom is 0.378 e. The van der Waals surface area contributed by atoms with Crippen LogP contribution in [0.5, 0.6) is 5.75 Å². The minimum atomic E-state index is -1.06. The molecule has 0 atom stereocenters. The third-order valence-electron chi connectivity index (χ3n) is 1.80. The first-order chi connectivity index (χ1) is 7.54. The van der Waals surface area contributed by atoms with Crippen molar-refractivity contribution >= 4 is 17.5 Å². The van der Waals surface area contributed by atoms with Crippen molar-refractivity contribution in [2.75, 3.05) is 7.11 Å². The lowest BCUT2D eigenvalue weighted by Crippen LogP contribution is -2.13. The van der Waals surface area contributed by atoms with Gasteiger partial charge >= 0.3 is 5.97 Å². The molecule has 0 fully saturated rings. The minimum absolute atomic E-state index is 0.0528. The summed E-state index contributed by atoms with van der Waals surface area (Å²) in [5.74, 6) is -2.50. The van der Waals surface area contributed by atoms with E-state index in [1.54, 1.807) is 0 Å². The Morgan fingerprint density at radius 2 is 2.06 bits per heavy atom. The monoisotopic (exact) mass is 222 g/mol. The van der Waals surface area contributed by atoms with Gasteiger partial charge in [-0.25, -0.2) is 4.79 Å². The molecule has 0 spiro atoms. The van der Waals surface area contributed by atoms with Crippen molar-refractivity contribution in [2.24, 2.45) is 0 Å². The molecule has 1 aromatic carbocycles. The largest absolute Gasteiger partial charge is 0.508 e. The summed E-state index contributed by atoms with van der Waals surface area (Å²) < 4.78 is 4.18. The fourth-order valence-corrected chi connectivity index (χ4v) is 1.03. The molecule has 1 rings (SSSR count). The summed E-state index contributed by atoms with van der Waals surface area (Å²) in [5.41, 5.74) is 0.234.